The highest BCUT2D eigenvalue weighted by Crippen LogP contribution is 2.31. The monoisotopic (exact) mass is 430 g/mol. The number of hydrogen-bond acceptors (Lipinski definition) is 4. The Morgan fingerprint density at radius 1 is 1.23 bits per heavy atom. The summed E-state index contributed by atoms with van der Waals surface area (Å²) in [6.45, 7) is 2.31. The van der Waals surface area contributed by atoms with Crippen molar-refractivity contribution in [3.05, 3.63) is 65.0 Å². The third-order valence-corrected chi connectivity index (χ3v) is 5.72. The van der Waals surface area contributed by atoms with Gasteiger partial charge in [0, 0.05) is 36.7 Å². The summed E-state index contributed by atoms with van der Waals surface area (Å²) in [6.07, 6.45) is 0.568. The second-order valence-corrected chi connectivity index (χ2v) is 7.85. The Hall–Kier alpha value is -2.87. The average molecular weight is 430 g/mol. The number of nitrogens with one attached hydrogen (secondary N) is 3. The van der Waals surface area contributed by atoms with E-state index in [1.807, 2.05) is 37.3 Å². The first kappa shape index (κ1) is 22.8. The van der Waals surface area contributed by atoms with E-state index in [4.69, 9.17) is 0 Å². The number of nitrogens with zero attached hydrogens (tertiary/aromatic N) is 1. The smallest absolute Gasteiger partial charge is 0.269 e. The van der Waals surface area contributed by atoms with E-state index < -0.39 is 23.7 Å². The molecule has 2 aromatic rings. The quantitative estimate of drug-likeness (QED) is 0.631. The van der Waals surface area contributed by atoms with E-state index in [0.717, 1.165) is 5.56 Å². The maximum absolute atomic E-state index is 14.0. The fourth-order valence-corrected chi connectivity index (χ4v) is 3.77. The van der Waals surface area contributed by atoms with Gasteiger partial charge in [0.25, 0.3) is 17.7 Å². The Bertz CT molecular complexity index is 921. The van der Waals surface area contributed by atoms with Crippen molar-refractivity contribution in [3.63, 3.8) is 0 Å². The van der Waals surface area contributed by atoms with Crippen molar-refractivity contribution in [2.45, 2.75) is 31.6 Å². The summed E-state index contributed by atoms with van der Waals surface area (Å²) < 4.78 is 27.9. The van der Waals surface area contributed by atoms with Crippen molar-refractivity contribution in [1.29, 1.82) is 0 Å². The molecule has 1 aliphatic heterocycles. The molecule has 2 amide bonds. The highest BCUT2D eigenvalue weighted by molar-refractivity contribution is 5.98. The molecule has 1 aliphatic rings. The van der Waals surface area contributed by atoms with E-state index in [0.29, 0.717) is 18.7 Å². The molecule has 0 unspecified atom stereocenters. The Kier molecular flexibility index (Phi) is 7.33. The van der Waals surface area contributed by atoms with Crippen molar-refractivity contribution >= 4 is 11.8 Å². The molecule has 6 nitrogen and oxygen atoms in total. The van der Waals surface area contributed by atoms with Gasteiger partial charge in [-0.3, -0.25) is 9.59 Å². The summed E-state index contributed by atoms with van der Waals surface area (Å²) in [5, 5.41) is 7.95. The van der Waals surface area contributed by atoms with Crippen LogP contribution in [0.2, 0.25) is 0 Å². The number of piperidine rings is 1. The molecule has 1 aromatic heterocycles. The molecule has 8 heteroatoms. The minimum Gasteiger partial charge on any atom is -0.354 e. The van der Waals surface area contributed by atoms with Gasteiger partial charge < -0.3 is 16.0 Å². The molecule has 0 aliphatic carbocycles. The molecular weight excluding hydrogens is 402 g/mol. The minimum absolute atomic E-state index is 0.134. The maximum Gasteiger partial charge on any atom is 0.269 e. The minimum atomic E-state index is -2.77. The zero-order valence-corrected chi connectivity index (χ0v) is 17.8. The summed E-state index contributed by atoms with van der Waals surface area (Å²) in [5.74, 6) is -4.48. The lowest BCUT2D eigenvalue weighted by Crippen LogP contribution is -2.47. The second kappa shape index (κ2) is 9.96. The van der Waals surface area contributed by atoms with Gasteiger partial charge in [-0.1, -0.05) is 37.3 Å². The molecule has 1 saturated heterocycles. The van der Waals surface area contributed by atoms with E-state index in [9.17, 15) is 18.4 Å². The highest BCUT2D eigenvalue weighted by Gasteiger charge is 2.40. The van der Waals surface area contributed by atoms with Crippen LogP contribution in [0.25, 0.3) is 0 Å². The predicted molar refractivity (Wildman–Crippen MR) is 114 cm³/mol. The molecule has 2 atom stereocenters. The number of aromatic nitrogens is 1. The number of carbonyl (C=O) groups is 2. The van der Waals surface area contributed by atoms with E-state index in [2.05, 4.69) is 20.9 Å². The first-order valence-electron chi connectivity index (χ1n) is 10.5. The van der Waals surface area contributed by atoms with Crippen LogP contribution in [-0.2, 0) is 0 Å². The zero-order chi connectivity index (χ0) is 22.4. The molecular formula is C23H28F2N4O2. The molecule has 166 valence electrons. The van der Waals surface area contributed by atoms with Gasteiger partial charge in [-0.05, 0) is 37.1 Å². The van der Waals surface area contributed by atoms with Crippen LogP contribution in [0, 0.1) is 5.92 Å². The number of halogens is 2. The summed E-state index contributed by atoms with van der Waals surface area (Å²) in [5.41, 5.74) is 2.01. The summed E-state index contributed by atoms with van der Waals surface area (Å²) in [6, 6.07) is 12.7. The number of carbonyl (C=O) groups excluding carboxylic acids is 2. The lowest BCUT2D eigenvalue weighted by atomic mass is 9.91. The fourth-order valence-electron chi connectivity index (χ4n) is 3.77. The molecule has 3 N–H and O–H groups in total. The topological polar surface area (TPSA) is 83.1 Å². The van der Waals surface area contributed by atoms with Gasteiger partial charge >= 0.3 is 0 Å². The molecule has 31 heavy (non-hydrogen) atoms. The van der Waals surface area contributed by atoms with E-state index in [-0.39, 0.29) is 36.7 Å². The largest absolute Gasteiger partial charge is 0.354 e. The van der Waals surface area contributed by atoms with Crippen LogP contribution in [0.3, 0.4) is 0 Å². The van der Waals surface area contributed by atoms with Crippen molar-refractivity contribution in [2.75, 3.05) is 26.7 Å². The molecule has 1 fully saturated rings. The molecule has 3 rings (SSSR count). The van der Waals surface area contributed by atoms with Crippen molar-refractivity contribution in [1.82, 2.24) is 20.9 Å². The Balaban J connectivity index is 1.76. The van der Waals surface area contributed by atoms with Gasteiger partial charge in [0.1, 0.15) is 5.69 Å². The maximum atomic E-state index is 14.0. The number of rotatable bonds is 7. The third-order valence-electron chi connectivity index (χ3n) is 5.72. The predicted octanol–water partition coefficient (Wildman–Crippen LogP) is 2.96. The van der Waals surface area contributed by atoms with Gasteiger partial charge in [-0.25, -0.2) is 13.8 Å². The van der Waals surface area contributed by atoms with Crippen molar-refractivity contribution in [3.8, 4) is 0 Å². The number of alkyl halides is 2. The molecule has 0 spiro atoms. The van der Waals surface area contributed by atoms with Crippen LogP contribution >= 0.6 is 0 Å². The van der Waals surface area contributed by atoms with Crippen LogP contribution in [0.5, 0.6) is 0 Å². The number of benzene rings is 1. The molecule has 0 radical (unpaired) electrons. The number of hydrogen-bond donors (Lipinski definition) is 3. The van der Waals surface area contributed by atoms with E-state index >= 15 is 0 Å². The van der Waals surface area contributed by atoms with Gasteiger partial charge in [-0.2, -0.15) is 0 Å². The normalized spacial score (nSPS) is 18.8. The third kappa shape index (κ3) is 5.64. The SMILES string of the molecule is CNC(=O)c1cc(C(=O)NCC[C@@H]2CCNCC2(F)F)cc([C@@H](C)c2ccccc2)n1. The fraction of sp³-hybridized carbons (Fsp3) is 0.435. The van der Waals surface area contributed by atoms with Gasteiger partial charge in [0.2, 0.25) is 0 Å². The Morgan fingerprint density at radius 2 is 1.97 bits per heavy atom. The average Bonchev–Trinajstić information content (AvgIpc) is 2.79. The molecule has 1 aromatic carbocycles. The molecule has 0 saturated carbocycles. The van der Waals surface area contributed by atoms with E-state index in [1.54, 1.807) is 6.07 Å². The van der Waals surface area contributed by atoms with Crippen LogP contribution in [0.4, 0.5) is 8.78 Å². The Morgan fingerprint density at radius 3 is 2.65 bits per heavy atom. The standard InChI is InChI=1S/C23H28F2N4O2/c1-15(16-6-4-3-5-7-16)19-12-17(13-20(29-19)22(31)26-2)21(30)28-11-9-18-8-10-27-14-23(18,24)25/h3-7,12-13,15,18,27H,8-11,14H2,1-2H3,(H,26,31)(H,28,30)/t15-,18-/m0/s1. The van der Waals surface area contributed by atoms with Crippen molar-refractivity contribution < 1.29 is 18.4 Å². The van der Waals surface area contributed by atoms with Crippen LogP contribution in [-0.4, -0.2) is 49.4 Å². The molecule has 0 bridgehead atoms. The van der Waals surface area contributed by atoms with Crippen LogP contribution in [0.1, 0.15) is 57.8 Å². The van der Waals surface area contributed by atoms with E-state index in [1.165, 1.54) is 13.1 Å². The van der Waals surface area contributed by atoms with Gasteiger partial charge in [-0.15, -0.1) is 0 Å². The first-order chi connectivity index (χ1) is 14.8. The lowest BCUT2D eigenvalue weighted by Gasteiger charge is -2.31. The highest BCUT2D eigenvalue weighted by atomic mass is 19.3. The second-order valence-electron chi connectivity index (χ2n) is 7.85. The van der Waals surface area contributed by atoms with Crippen LogP contribution in [0.15, 0.2) is 42.5 Å². The Labute approximate surface area is 180 Å². The summed E-state index contributed by atoms with van der Waals surface area (Å²) >= 11 is 0. The number of amides is 2. The van der Waals surface area contributed by atoms with Gasteiger partial charge in [0.15, 0.2) is 0 Å². The number of pyridine rings is 1. The van der Waals surface area contributed by atoms with Crippen LogP contribution < -0.4 is 16.0 Å². The van der Waals surface area contributed by atoms with Gasteiger partial charge in [0.05, 0.1) is 6.54 Å². The summed E-state index contributed by atoms with van der Waals surface area (Å²) in [7, 11) is 1.50. The lowest BCUT2D eigenvalue weighted by molar-refractivity contribution is -0.0754. The zero-order valence-electron chi connectivity index (χ0n) is 17.8. The first-order valence-corrected chi connectivity index (χ1v) is 10.5. The van der Waals surface area contributed by atoms with Crippen molar-refractivity contribution in [2.24, 2.45) is 5.92 Å². The summed E-state index contributed by atoms with van der Waals surface area (Å²) in [4.78, 5) is 29.4. The molecule has 2 heterocycles.